The largest absolute Gasteiger partial charge is 0.504 e. The zero-order chi connectivity index (χ0) is 25.6. The Bertz CT molecular complexity index is 1280. The van der Waals surface area contributed by atoms with E-state index in [9.17, 15) is 5.11 Å². The van der Waals surface area contributed by atoms with E-state index >= 15 is 0 Å². The van der Waals surface area contributed by atoms with Crippen LogP contribution < -0.4 is 23.7 Å². The SMILES string of the molecule is CCCc1cc(OC)c2c(c1)C(C)C(c1cc(OC)c3c(c1)C(C)C(c1ccc(O)c(OC)c1)O3)O2. The highest BCUT2D eigenvalue weighted by molar-refractivity contribution is 5.59. The van der Waals surface area contributed by atoms with Crippen molar-refractivity contribution in [2.45, 2.75) is 57.7 Å². The van der Waals surface area contributed by atoms with Crippen LogP contribution in [0, 0.1) is 0 Å². The number of benzene rings is 3. The van der Waals surface area contributed by atoms with Crippen molar-refractivity contribution in [1.82, 2.24) is 0 Å². The minimum atomic E-state index is -0.227. The molecule has 4 unspecified atom stereocenters. The Balaban J connectivity index is 1.51. The van der Waals surface area contributed by atoms with E-state index in [1.54, 1.807) is 27.4 Å². The number of phenolic OH excluding ortho intramolecular Hbond substituents is 1. The van der Waals surface area contributed by atoms with Crippen LogP contribution in [0.4, 0.5) is 0 Å². The Labute approximate surface area is 212 Å². The molecular formula is C30H34O6. The third-order valence-corrected chi connectivity index (χ3v) is 7.47. The lowest BCUT2D eigenvalue weighted by atomic mass is 9.87. The fourth-order valence-electron chi connectivity index (χ4n) is 5.53. The maximum Gasteiger partial charge on any atom is 0.165 e. The summed E-state index contributed by atoms with van der Waals surface area (Å²) in [5, 5.41) is 10.0. The van der Waals surface area contributed by atoms with Gasteiger partial charge in [0.25, 0.3) is 0 Å². The second-order valence-corrected chi connectivity index (χ2v) is 9.69. The lowest BCUT2D eigenvalue weighted by Crippen LogP contribution is -2.09. The van der Waals surface area contributed by atoms with Gasteiger partial charge in [0.2, 0.25) is 0 Å². The number of rotatable bonds is 7. The Hall–Kier alpha value is -3.54. The fourth-order valence-corrected chi connectivity index (χ4v) is 5.53. The average molecular weight is 491 g/mol. The van der Waals surface area contributed by atoms with Gasteiger partial charge in [0, 0.05) is 23.0 Å². The van der Waals surface area contributed by atoms with Gasteiger partial charge in [0.05, 0.1) is 21.3 Å². The molecular weight excluding hydrogens is 456 g/mol. The van der Waals surface area contributed by atoms with Crippen molar-refractivity contribution in [1.29, 1.82) is 0 Å². The molecule has 0 fully saturated rings. The molecule has 0 spiro atoms. The lowest BCUT2D eigenvalue weighted by molar-refractivity contribution is 0.205. The summed E-state index contributed by atoms with van der Waals surface area (Å²) in [5.74, 6) is 3.80. The molecule has 4 atom stereocenters. The minimum absolute atomic E-state index is 0.0628. The molecule has 3 aromatic rings. The Morgan fingerprint density at radius 1 is 0.722 bits per heavy atom. The molecule has 6 heteroatoms. The summed E-state index contributed by atoms with van der Waals surface area (Å²) in [6, 6.07) is 13.9. The average Bonchev–Trinajstić information content (AvgIpc) is 3.40. The maximum atomic E-state index is 10.0. The van der Waals surface area contributed by atoms with Gasteiger partial charge in [-0.2, -0.15) is 0 Å². The van der Waals surface area contributed by atoms with E-state index in [0.29, 0.717) is 11.5 Å². The number of fused-ring (bicyclic) bond motifs is 2. The standard InChI is InChI=1S/C30H34O6/c1-7-8-18-11-21-16(2)28(36-29(21)25(12-18)33-5)20-13-22-17(3)27(35-30(22)26(15-20)34-6)19-9-10-23(31)24(14-19)32-4/h9-17,27-28,31H,7-8H2,1-6H3. The summed E-state index contributed by atoms with van der Waals surface area (Å²) in [5.41, 5.74) is 5.51. The number of phenols is 1. The molecule has 3 aromatic carbocycles. The van der Waals surface area contributed by atoms with Crippen LogP contribution >= 0.6 is 0 Å². The van der Waals surface area contributed by atoms with Gasteiger partial charge in [-0.05, 0) is 53.4 Å². The third kappa shape index (κ3) is 3.89. The van der Waals surface area contributed by atoms with Gasteiger partial charge in [-0.25, -0.2) is 0 Å². The monoisotopic (exact) mass is 490 g/mol. The van der Waals surface area contributed by atoms with E-state index < -0.39 is 0 Å². The van der Waals surface area contributed by atoms with Crippen LogP contribution in [0.1, 0.15) is 79.1 Å². The van der Waals surface area contributed by atoms with Gasteiger partial charge in [-0.15, -0.1) is 0 Å². The number of methoxy groups -OCH3 is 3. The topological polar surface area (TPSA) is 66.4 Å². The Morgan fingerprint density at radius 2 is 1.28 bits per heavy atom. The summed E-state index contributed by atoms with van der Waals surface area (Å²) in [6.45, 7) is 6.54. The second-order valence-electron chi connectivity index (χ2n) is 9.69. The number of aromatic hydroxyl groups is 1. The normalized spacial score (nSPS) is 21.8. The number of aryl methyl sites for hydroxylation is 1. The van der Waals surface area contributed by atoms with Gasteiger partial charge >= 0.3 is 0 Å². The van der Waals surface area contributed by atoms with Crippen molar-refractivity contribution in [2.75, 3.05) is 21.3 Å². The molecule has 36 heavy (non-hydrogen) atoms. The number of hydrogen-bond donors (Lipinski definition) is 1. The van der Waals surface area contributed by atoms with Crippen molar-refractivity contribution in [3.63, 3.8) is 0 Å². The molecule has 0 aliphatic carbocycles. The first-order valence-corrected chi connectivity index (χ1v) is 12.5. The van der Waals surface area contributed by atoms with Crippen LogP contribution in [0.15, 0.2) is 42.5 Å². The van der Waals surface area contributed by atoms with Gasteiger partial charge in [-0.1, -0.05) is 39.3 Å². The molecule has 2 aliphatic rings. The van der Waals surface area contributed by atoms with Crippen LogP contribution in [-0.4, -0.2) is 26.4 Å². The molecule has 6 nitrogen and oxygen atoms in total. The van der Waals surface area contributed by atoms with Crippen LogP contribution in [-0.2, 0) is 6.42 Å². The van der Waals surface area contributed by atoms with Crippen LogP contribution in [0.5, 0.6) is 34.5 Å². The molecule has 0 amide bonds. The molecule has 5 rings (SSSR count). The van der Waals surface area contributed by atoms with Gasteiger partial charge in [0.1, 0.15) is 12.2 Å². The summed E-state index contributed by atoms with van der Waals surface area (Å²) < 4.78 is 29.8. The van der Waals surface area contributed by atoms with E-state index in [1.165, 1.54) is 11.1 Å². The van der Waals surface area contributed by atoms with Crippen LogP contribution in [0.25, 0.3) is 0 Å². The number of ether oxygens (including phenoxy) is 5. The molecule has 190 valence electrons. The number of hydrogen-bond acceptors (Lipinski definition) is 6. The summed E-state index contributed by atoms with van der Waals surface area (Å²) in [7, 11) is 4.91. The first kappa shape index (κ1) is 24.2. The van der Waals surface area contributed by atoms with E-state index in [0.717, 1.165) is 46.8 Å². The summed E-state index contributed by atoms with van der Waals surface area (Å²) >= 11 is 0. The first-order valence-electron chi connectivity index (χ1n) is 12.5. The molecule has 2 aliphatic heterocycles. The predicted octanol–water partition coefficient (Wildman–Crippen LogP) is 6.84. The van der Waals surface area contributed by atoms with Crippen molar-refractivity contribution in [3.8, 4) is 34.5 Å². The van der Waals surface area contributed by atoms with Crippen molar-refractivity contribution < 1.29 is 28.8 Å². The summed E-state index contributed by atoms with van der Waals surface area (Å²) in [4.78, 5) is 0. The van der Waals surface area contributed by atoms with E-state index in [4.69, 9.17) is 23.7 Å². The molecule has 0 bridgehead atoms. The smallest absolute Gasteiger partial charge is 0.165 e. The third-order valence-electron chi connectivity index (χ3n) is 7.47. The van der Waals surface area contributed by atoms with Gasteiger partial charge in [0.15, 0.2) is 34.5 Å². The van der Waals surface area contributed by atoms with E-state index in [-0.39, 0.29) is 29.8 Å². The van der Waals surface area contributed by atoms with E-state index in [2.05, 4.69) is 39.0 Å². The lowest BCUT2D eigenvalue weighted by Gasteiger charge is -2.19. The first-order chi connectivity index (χ1) is 17.4. The van der Waals surface area contributed by atoms with E-state index in [1.807, 2.05) is 18.2 Å². The van der Waals surface area contributed by atoms with Crippen molar-refractivity contribution in [3.05, 3.63) is 70.3 Å². The zero-order valence-electron chi connectivity index (χ0n) is 21.8. The molecule has 2 heterocycles. The fraction of sp³-hybridized carbons (Fsp3) is 0.400. The summed E-state index contributed by atoms with van der Waals surface area (Å²) in [6.07, 6.45) is 1.69. The molecule has 0 saturated heterocycles. The Morgan fingerprint density at radius 3 is 1.89 bits per heavy atom. The van der Waals surface area contributed by atoms with Crippen molar-refractivity contribution in [2.24, 2.45) is 0 Å². The van der Waals surface area contributed by atoms with Gasteiger partial charge in [-0.3, -0.25) is 0 Å². The zero-order valence-corrected chi connectivity index (χ0v) is 21.8. The predicted molar refractivity (Wildman–Crippen MR) is 138 cm³/mol. The highest BCUT2D eigenvalue weighted by Gasteiger charge is 2.39. The molecule has 0 saturated carbocycles. The van der Waals surface area contributed by atoms with Gasteiger partial charge < -0.3 is 28.8 Å². The highest BCUT2D eigenvalue weighted by Crippen LogP contribution is 2.55. The minimum Gasteiger partial charge on any atom is -0.504 e. The molecule has 1 N–H and O–H groups in total. The second kappa shape index (κ2) is 9.49. The van der Waals surface area contributed by atoms with Crippen molar-refractivity contribution >= 4 is 0 Å². The quantitative estimate of drug-likeness (QED) is 0.391. The Kier molecular flexibility index (Phi) is 6.37. The molecule has 0 radical (unpaired) electrons. The van der Waals surface area contributed by atoms with Crippen LogP contribution in [0.2, 0.25) is 0 Å². The maximum absolute atomic E-state index is 10.0. The van der Waals surface area contributed by atoms with Crippen LogP contribution in [0.3, 0.4) is 0 Å². The molecule has 0 aromatic heterocycles. The highest BCUT2D eigenvalue weighted by atomic mass is 16.5.